The van der Waals surface area contributed by atoms with E-state index >= 15 is 0 Å². The molecule has 38 heavy (non-hydrogen) atoms. The number of fused-ring (bicyclic) bond motifs is 3. The quantitative estimate of drug-likeness (QED) is 0.314. The van der Waals surface area contributed by atoms with Crippen LogP contribution in [0.1, 0.15) is 55.7 Å². The summed E-state index contributed by atoms with van der Waals surface area (Å²) in [6, 6.07) is 8.73. The molecule has 0 unspecified atom stereocenters. The Morgan fingerprint density at radius 2 is 1.89 bits per heavy atom. The van der Waals surface area contributed by atoms with E-state index in [1.807, 2.05) is 39.1 Å². The standard InChI is InChI=1S/C29H33F2N3O4/c1-17(2)38-28(36)21-15-34(27(35)18-7-10-22(30)23(31)13-18)16-29(3,4)25-20-9-8-19(37-12-6-11-32-5)14-24(20)33-26(21)25/h7-10,13-15,17,32-33H,6,11-12,16H2,1-5H3. The van der Waals surface area contributed by atoms with Crippen molar-refractivity contribution >= 4 is 28.4 Å². The number of esters is 1. The smallest absolute Gasteiger partial charge is 0.342 e. The fourth-order valence-corrected chi connectivity index (χ4v) is 4.74. The Labute approximate surface area is 220 Å². The van der Waals surface area contributed by atoms with Gasteiger partial charge in [0.2, 0.25) is 0 Å². The minimum Gasteiger partial charge on any atom is -0.493 e. The number of aromatic amines is 1. The average molecular weight is 526 g/mol. The molecule has 0 radical (unpaired) electrons. The first kappa shape index (κ1) is 27.3. The summed E-state index contributed by atoms with van der Waals surface area (Å²) >= 11 is 0. The Bertz CT molecular complexity index is 1390. The van der Waals surface area contributed by atoms with Gasteiger partial charge in [-0.3, -0.25) is 4.79 Å². The molecule has 0 saturated carbocycles. The zero-order valence-corrected chi connectivity index (χ0v) is 22.3. The van der Waals surface area contributed by atoms with Crippen molar-refractivity contribution in [3.05, 3.63) is 71.1 Å². The van der Waals surface area contributed by atoms with Crippen LogP contribution in [-0.2, 0) is 14.9 Å². The minimum absolute atomic E-state index is 0.0250. The first-order chi connectivity index (χ1) is 18.0. The van der Waals surface area contributed by atoms with Crippen molar-refractivity contribution in [3.8, 4) is 5.75 Å². The van der Waals surface area contributed by atoms with Crippen LogP contribution in [0.2, 0.25) is 0 Å². The summed E-state index contributed by atoms with van der Waals surface area (Å²) in [5.41, 5.74) is 1.70. The summed E-state index contributed by atoms with van der Waals surface area (Å²) in [4.78, 5) is 31.5. The van der Waals surface area contributed by atoms with Gasteiger partial charge in [0.15, 0.2) is 11.6 Å². The van der Waals surface area contributed by atoms with Crippen LogP contribution in [0, 0.1) is 11.6 Å². The lowest BCUT2D eigenvalue weighted by molar-refractivity contribution is -0.140. The van der Waals surface area contributed by atoms with Crippen molar-refractivity contribution in [1.82, 2.24) is 15.2 Å². The first-order valence-corrected chi connectivity index (χ1v) is 12.6. The average Bonchev–Trinajstić information content (AvgIpc) is 3.19. The number of amides is 1. The number of hydrogen-bond acceptors (Lipinski definition) is 5. The molecule has 3 aromatic rings. The van der Waals surface area contributed by atoms with E-state index in [4.69, 9.17) is 9.47 Å². The number of rotatable bonds is 8. The maximum Gasteiger partial charge on any atom is 0.342 e. The van der Waals surface area contributed by atoms with Crippen LogP contribution in [0.3, 0.4) is 0 Å². The summed E-state index contributed by atoms with van der Waals surface area (Å²) in [5, 5.41) is 3.97. The fourth-order valence-electron chi connectivity index (χ4n) is 4.74. The van der Waals surface area contributed by atoms with Crippen LogP contribution >= 0.6 is 0 Å². The van der Waals surface area contributed by atoms with Crippen molar-refractivity contribution in [3.63, 3.8) is 0 Å². The number of hydrogen-bond donors (Lipinski definition) is 2. The van der Waals surface area contributed by atoms with E-state index in [0.29, 0.717) is 18.1 Å². The molecular weight excluding hydrogens is 492 g/mol. The third-order valence-corrected chi connectivity index (χ3v) is 6.40. The van der Waals surface area contributed by atoms with E-state index < -0.39 is 28.9 Å². The summed E-state index contributed by atoms with van der Waals surface area (Å²) in [5.74, 6) is -2.61. The van der Waals surface area contributed by atoms with Gasteiger partial charge in [-0.1, -0.05) is 13.8 Å². The second kappa shape index (κ2) is 10.9. The first-order valence-electron chi connectivity index (χ1n) is 12.6. The van der Waals surface area contributed by atoms with E-state index in [0.717, 1.165) is 41.6 Å². The molecule has 0 saturated heterocycles. The molecule has 1 amide bonds. The summed E-state index contributed by atoms with van der Waals surface area (Å²) < 4.78 is 38.9. The Balaban J connectivity index is 1.80. The Hall–Kier alpha value is -3.72. The summed E-state index contributed by atoms with van der Waals surface area (Å²) in [7, 11) is 1.89. The lowest BCUT2D eigenvalue weighted by Crippen LogP contribution is -2.37. The van der Waals surface area contributed by atoms with Gasteiger partial charge < -0.3 is 24.7 Å². The predicted molar refractivity (Wildman–Crippen MR) is 142 cm³/mol. The monoisotopic (exact) mass is 525 g/mol. The topological polar surface area (TPSA) is 83.7 Å². The van der Waals surface area contributed by atoms with Gasteiger partial charge in [-0.15, -0.1) is 0 Å². The van der Waals surface area contributed by atoms with E-state index in [1.165, 1.54) is 17.2 Å². The molecule has 2 heterocycles. The number of aromatic nitrogens is 1. The highest BCUT2D eigenvalue weighted by molar-refractivity contribution is 6.18. The zero-order chi connectivity index (χ0) is 27.6. The van der Waals surface area contributed by atoms with Crippen molar-refractivity contribution in [2.45, 2.75) is 45.6 Å². The van der Waals surface area contributed by atoms with Gasteiger partial charge in [0.1, 0.15) is 5.75 Å². The highest BCUT2D eigenvalue weighted by Crippen LogP contribution is 2.41. The molecule has 1 aliphatic rings. The number of ether oxygens (including phenoxy) is 2. The predicted octanol–water partition coefficient (Wildman–Crippen LogP) is 5.16. The Kier molecular flexibility index (Phi) is 7.87. The molecule has 7 nitrogen and oxygen atoms in total. The van der Waals surface area contributed by atoms with Crippen LogP contribution in [-0.4, -0.2) is 54.6 Å². The zero-order valence-electron chi connectivity index (χ0n) is 22.3. The van der Waals surface area contributed by atoms with E-state index in [1.54, 1.807) is 13.8 Å². The molecular formula is C29H33F2N3O4. The minimum atomic E-state index is -1.12. The fraction of sp³-hybridized carbons (Fsp3) is 0.379. The van der Waals surface area contributed by atoms with Crippen LogP contribution < -0.4 is 10.1 Å². The lowest BCUT2D eigenvalue weighted by atomic mass is 9.81. The Morgan fingerprint density at radius 3 is 2.58 bits per heavy atom. The van der Waals surface area contributed by atoms with Gasteiger partial charge >= 0.3 is 5.97 Å². The van der Waals surface area contributed by atoms with Crippen molar-refractivity contribution in [2.75, 3.05) is 26.7 Å². The van der Waals surface area contributed by atoms with Crippen molar-refractivity contribution in [1.29, 1.82) is 0 Å². The van der Waals surface area contributed by atoms with Gasteiger partial charge in [0.25, 0.3) is 5.91 Å². The molecule has 1 aliphatic heterocycles. The van der Waals surface area contributed by atoms with E-state index in [9.17, 15) is 18.4 Å². The normalized spacial score (nSPS) is 14.7. The van der Waals surface area contributed by atoms with Crippen LogP contribution in [0.15, 0.2) is 42.6 Å². The molecule has 2 aromatic carbocycles. The van der Waals surface area contributed by atoms with E-state index in [-0.39, 0.29) is 23.8 Å². The molecule has 0 aliphatic carbocycles. The third kappa shape index (κ3) is 5.57. The van der Waals surface area contributed by atoms with Crippen molar-refractivity contribution in [2.24, 2.45) is 0 Å². The van der Waals surface area contributed by atoms with Gasteiger partial charge in [-0.05, 0) is 69.8 Å². The van der Waals surface area contributed by atoms with Crippen LogP contribution in [0.25, 0.3) is 16.5 Å². The highest BCUT2D eigenvalue weighted by Gasteiger charge is 2.38. The number of carbonyl (C=O) groups excluding carboxylic acids is 2. The molecule has 0 atom stereocenters. The SMILES string of the molecule is CNCCCOc1ccc2c3c([nH]c2c1)C(C(=O)OC(C)C)=CN(C(=O)c1ccc(F)c(F)c1)CC3(C)C. The van der Waals surface area contributed by atoms with E-state index in [2.05, 4.69) is 10.3 Å². The van der Waals surface area contributed by atoms with Gasteiger partial charge in [-0.25, -0.2) is 13.6 Å². The molecule has 4 rings (SSSR count). The van der Waals surface area contributed by atoms with Crippen molar-refractivity contribution < 1.29 is 27.8 Å². The molecule has 0 fully saturated rings. The number of H-pyrrole nitrogens is 1. The second-order valence-electron chi connectivity index (χ2n) is 10.3. The van der Waals surface area contributed by atoms with Gasteiger partial charge in [-0.2, -0.15) is 0 Å². The molecule has 0 spiro atoms. The van der Waals surface area contributed by atoms with Gasteiger partial charge in [0, 0.05) is 40.7 Å². The molecule has 0 bridgehead atoms. The third-order valence-electron chi connectivity index (χ3n) is 6.40. The molecule has 9 heteroatoms. The van der Waals surface area contributed by atoms with Crippen LogP contribution in [0.5, 0.6) is 5.75 Å². The second-order valence-corrected chi connectivity index (χ2v) is 10.3. The number of nitrogens with zero attached hydrogens (tertiary/aromatic N) is 1. The number of carbonyl (C=O) groups is 2. The Morgan fingerprint density at radius 1 is 1.13 bits per heavy atom. The molecule has 202 valence electrons. The summed E-state index contributed by atoms with van der Waals surface area (Å²) in [6.07, 6.45) is 1.91. The number of halogens is 2. The summed E-state index contributed by atoms with van der Waals surface area (Å²) in [6.45, 7) is 9.02. The van der Waals surface area contributed by atoms with Crippen LogP contribution in [0.4, 0.5) is 8.78 Å². The highest BCUT2D eigenvalue weighted by atomic mass is 19.2. The molecule has 2 N–H and O–H groups in total. The lowest BCUT2D eigenvalue weighted by Gasteiger charge is -2.29. The maximum absolute atomic E-state index is 13.9. The number of nitrogens with one attached hydrogen (secondary N) is 2. The van der Waals surface area contributed by atoms with Gasteiger partial charge in [0.05, 0.1) is 24.0 Å². The largest absolute Gasteiger partial charge is 0.493 e. The maximum atomic E-state index is 13.9. The number of benzene rings is 2. The molecule has 1 aromatic heterocycles.